The highest BCUT2D eigenvalue weighted by Gasteiger charge is 2.44. The van der Waals surface area contributed by atoms with Crippen molar-refractivity contribution in [2.75, 3.05) is 34.9 Å². The minimum Gasteiger partial charge on any atom is -0.374 e. The minimum atomic E-state index is -4.21. The highest BCUT2D eigenvalue weighted by Crippen LogP contribution is 2.46. The zero-order valence-electron chi connectivity index (χ0n) is 13.7. The van der Waals surface area contributed by atoms with Gasteiger partial charge in [0.1, 0.15) is 5.69 Å². The van der Waals surface area contributed by atoms with E-state index < -0.39 is 27.5 Å². The summed E-state index contributed by atoms with van der Waals surface area (Å²) >= 11 is 0. The number of hydrogen-bond acceptors (Lipinski definition) is 4. The largest absolute Gasteiger partial charge is 0.374 e. The fraction of sp³-hybridized carbons (Fsp3) is 0.294. The average molecular weight is 381 g/mol. The van der Waals surface area contributed by atoms with Gasteiger partial charge < -0.3 is 10.1 Å². The Balaban J connectivity index is 1.81. The van der Waals surface area contributed by atoms with E-state index in [-0.39, 0.29) is 18.3 Å². The van der Waals surface area contributed by atoms with Crippen LogP contribution in [-0.2, 0) is 14.9 Å². The molecule has 4 rings (SSSR count). The highest BCUT2D eigenvalue weighted by molar-refractivity contribution is 7.95. The molecular formula is C17H17F2N3O3S. The van der Waals surface area contributed by atoms with Crippen LogP contribution in [0.25, 0.3) is 0 Å². The Kier molecular flexibility index (Phi) is 4.29. The molecule has 2 aliphatic rings. The van der Waals surface area contributed by atoms with Crippen LogP contribution in [0.5, 0.6) is 0 Å². The first-order valence-electron chi connectivity index (χ1n) is 8.18. The molecule has 0 amide bonds. The summed E-state index contributed by atoms with van der Waals surface area (Å²) in [5.41, 5.74) is -0.0327. The molecule has 2 aromatic carbocycles. The fourth-order valence-corrected chi connectivity index (χ4v) is 4.99. The molecule has 2 aromatic rings. The zero-order chi connectivity index (χ0) is 18.3. The van der Waals surface area contributed by atoms with Crippen LogP contribution >= 0.6 is 0 Å². The van der Waals surface area contributed by atoms with Crippen molar-refractivity contribution in [3.8, 4) is 0 Å². The van der Waals surface area contributed by atoms with Gasteiger partial charge in [-0.05, 0) is 24.3 Å². The first kappa shape index (κ1) is 17.2. The molecule has 1 saturated heterocycles. The van der Waals surface area contributed by atoms with E-state index >= 15 is 0 Å². The third kappa shape index (κ3) is 2.72. The van der Waals surface area contributed by atoms with Gasteiger partial charge in [0.25, 0.3) is 0 Å². The number of fused-ring (bicyclic) bond motifs is 1. The molecule has 1 unspecified atom stereocenters. The Morgan fingerprint density at radius 3 is 2.42 bits per heavy atom. The number of hydrogen-bond donors (Lipinski definition) is 1. The van der Waals surface area contributed by atoms with E-state index in [4.69, 9.17) is 4.74 Å². The van der Waals surface area contributed by atoms with Crippen LogP contribution < -0.4 is 13.9 Å². The maximum atomic E-state index is 14.3. The van der Waals surface area contributed by atoms with Crippen LogP contribution in [0.15, 0.2) is 42.5 Å². The van der Waals surface area contributed by atoms with Crippen LogP contribution in [0.1, 0.15) is 0 Å². The molecule has 1 atom stereocenters. The number of benzene rings is 2. The lowest BCUT2D eigenvalue weighted by Gasteiger charge is -2.29. The lowest BCUT2D eigenvalue weighted by atomic mass is 10.2. The molecule has 1 fully saturated rings. The molecule has 0 bridgehead atoms. The van der Waals surface area contributed by atoms with Gasteiger partial charge in [-0.1, -0.05) is 18.2 Å². The number of ether oxygens (including phenoxy) is 1. The monoisotopic (exact) mass is 381 g/mol. The van der Waals surface area contributed by atoms with E-state index in [0.717, 1.165) is 20.7 Å². The number of anilines is 3. The smallest absolute Gasteiger partial charge is 0.331 e. The van der Waals surface area contributed by atoms with E-state index in [9.17, 15) is 17.2 Å². The van der Waals surface area contributed by atoms with Crippen LogP contribution in [0.3, 0.4) is 0 Å². The first-order valence-corrected chi connectivity index (χ1v) is 9.58. The highest BCUT2D eigenvalue weighted by atomic mass is 32.2. The fourth-order valence-electron chi connectivity index (χ4n) is 3.23. The van der Waals surface area contributed by atoms with Crippen LogP contribution in [0.2, 0.25) is 0 Å². The van der Waals surface area contributed by atoms with E-state index in [1.165, 1.54) is 12.1 Å². The Morgan fingerprint density at radius 1 is 1.08 bits per heavy atom. The van der Waals surface area contributed by atoms with Crippen molar-refractivity contribution in [2.45, 2.75) is 6.10 Å². The zero-order valence-corrected chi connectivity index (χ0v) is 14.5. The summed E-state index contributed by atoms with van der Waals surface area (Å²) in [7, 11) is -4.21. The van der Waals surface area contributed by atoms with Crippen LogP contribution in [-0.4, -0.2) is 40.8 Å². The predicted molar refractivity (Wildman–Crippen MR) is 93.8 cm³/mol. The number of rotatable bonds is 3. The van der Waals surface area contributed by atoms with Crippen LogP contribution in [0, 0.1) is 11.6 Å². The summed E-state index contributed by atoms with van der Waals surface area (Å²) in [6.45, 7) is 1.74. The molecule has 0 spiro atoms. The van der Waals surface area contributed by atoms with Crippen molar-refractivity contribution >= 4 is 27.3 Å². The molecule has 2 heterocycles. The number of halogens is 2. The van der Waals surface area contributed by atoms with Crippen molar-refractivity contribution in [3.05, 3.63) is 54.1 Å². The number of para-hydroxylation sites is 3. The van der Waals surface area contributed by atoms with Gasteiger partial charge in [-0.3, -0.25) is 0 Å². The van der Waals surface area contributed by atoms with E-state index in [0.29, 0.717) is 25.4 Å². The van der Waals surface area contributed by atoms with Crippen LogP contribution in [0.4, 0.5) is 25.8 Å². The topological polar surface area (TPSA) is 61.9 Å². The molecule has 9 heteroatoms. The lowest BCUT2D eigenvalue weighted by molar-refractivity contribution is 0.0353. The molecule has 0 radical (unpaired) electrons. The summed E-state index contributed by atoms with van der Waals surface area (Å²) in [6, 6.07) is 9.72. The van der Waals surface area contributed by atoms with Crippen molar-refractivity contribution in [1.29, 1.82) is 0 Å². The van der Waals surface area contributed by atoms with E-state index in [1.807, 2.05) is 0 Å². The second kappa shape index (κ2) is 6.49. The van der Waals surface area contributed by atoms with Gasteiger partial charge in [0, 0.05) is 13.1 Å². The maximum absolute atomic E-state index is 14.3. The van der Waals surface area contributed by atoms with Crippen molar-refractivity contribution in [3.63, 3.8) is 0 Å². The molecule has 0 aliphatic carbocycles. The lowest BCUT2D eigenvalue weighted by Crippen LogP contribution is -2.47. The second-order valence-electron chi connectivity index (χ2n) is 6.06. The normalized spacial score (nSPS) is 21.7. The molecular weight excluding hydrogens is 364 g/mol. The van der Waals surface area contributed by atoms with Crippen molar-refractivity contribution in [2.24, 2.45) is 0 Å². The van der Waals surface area contributed by atoms with Gasteiger partial charge >= 0.3 is 10.2 Å². The molecule has 1 N–H and O–H groups in total. The standard InChI is InChI=1S/C17H17F2N3O3S/c18-13-4-3-5-14(19)17(13)22-16-7-2-1-6-15(16)21(26(22,23)24)11-12-10-20-8-9-25-12/h1-7,12,20H,8-11H2. The van der Waals surface area contributed by atoms with Crippen molar-refractivity contribution in [1.82, 2.24) is 5.32 Å². The summed E-state index contributed by atoms with van der Waals surface area (Å²) < 4.78 is 62.5. The molecule has 0 saturated carbocycles. The number of nitrogens with zero attached hydrogens (tertiary/aromatic N) is 2. The third-order valence-corrected chi connectivity index (χ3v) is 6.14. The van der Waals surface area contributed by atoms with Gasteiger partial charge in [-0.25, -0.2) is 17.4 Å². The first-order chi connectivity index (χ1) is 12.5. The molecule has 138 valence electrons. The van der Waals surface area contributed by atoms with E-state index in [2.05, 4.69) is 5.32 Å². The Labute approximate surface area is 150 Å². The van der Waals surface area contributed by atoms with Gasteiger partial charge in [-0.2, -0.15) is 8.42 Å². The minimum absolute atomic E-state index is 0.0545. The summed E-state index contributed by atoms with van der Waals surface area (Å²) in [4.78, 5) is 0. The summed E-state index contributed by atoms with van der Waals surface area (Å²) in [5, 5.41) is 3.14. The molecule has 6 nitrogen and oxygen atoms in total. The number of morpholine rings is 1. The average Bonchev–Trinajstić information content (AvgIpc) is 2.84. The Morgan fingerprint density at radius 2 is 1.77 bits per heavy atom. The number of nitrogens with one attached hydrogen (secondary N) is 1. The molecule has 0 aromatic heterocycles. The quantitative estimate of drug-likeness (QED) is 0.885. The Hall–Kier alpha value is -2.23. The van der Waals surface area contributed by atoms with Gasteiger partial charge in [-0.15, -0.1) is 0 Å². The van der Waals surface area contributed by atoms with Gasteiger partial charge in [0.05, 0.1) is 30.6 Å². The van der Waals surface area contributed by atoms with Crippen molar-refractivity contribution < 1.29 is 21.9 Å². The van der Waals surface area contributed by atoms with Gasteiger partial charge in [0.15, 0.2) is 11.6 Å². The third-order valence-electron chi connectivity index (χ3n) is 4.39. The van der Waals surface area contributed by atoms with Gasteiger partial charge in [0.2, 0.25) is 0 Å². The Bertz CT molecular complexity index is 912. The summed E-state index contributed by atoms with van der Waals surface area (Å²) in [5.74, 6) is -1.89. The SMILES string of the molecule is O=S1(=O)N(CC2CNCCO2)c2ccccc2N1c1c(F)cccc1F. The second-order valence-corrected chi connectivity index (χ2v) is 7.76. The summed E-state index contributed by atoms with van der Waals surface area (Å²) in [6.07, 6.45) is -0.350. The predicted octanol–water partition coefficient (Wildman–Crippen LogP) is 2.16. The van der Waals surface area contributed by atoms with E-state index in [1.54, 1.807) is 18.2 Å². The molecule has 2 aliphatic heterocycles. The maximum Gasteiger partial charge on any atom is 0.331 e. The molecule has 26 heavy (non-hydrogen) atoms.